The molecule has 0 aliphatic rings. The van der Waals surface area contributed by atoms with Crippen molar-refractivity contribution < 1.29 is 8.67 Å². The van der Waals surface area contributed by atoms with Crippen LogP contribution in [0.1, 0.15) is 23.6 Å². The average molecular weight is 471 g/mol. The van der Waals surface area contributed by atoms with E-state index in [2.05, 4.69) is 15.8 Å². The van der Waals surface area contributed by atoms with Crippen LogP contribution in [0.5, 0.6) is 0 Å². The number of aromatic nitrogens is 2. The van der Waals surface area contributed by atoms with Gasteiger partial charge < -0.3 is 15.3 Å². The summed E-state index contributed by atoms with van der Waals surface area (Å²) in [5, 5.41) is 11.7. The largest absolute Gasteiger partial charge is 0.380 e. The number of nitrogens with zero attached hydrogens (tertiary/aromatic N) is 3. The van der Waals surface area contributed by atoms with Crippen molar-refractivity contribution in [1.29, 1.82) is 5.41 Å². The van der Waals surface area contributed by atoms with E-state index in [4.69, 9.17) is 9.69 Å². The zero-order valence-electron chi connectivity index (χ0n) is 19.2. The maximum Gasteiger partial charge on any atom is 0.253 e. The molecule has 0 bridgehead atoms. The average Bonchev–Trinajstić information content (AvgIpc) is 2.76. The van der Waals surface area contributed by atoms with Crippen molar-refractivity contribution in [2.75, 3.05) is 24.9 Å². The zero-order chi connectivity index (χ0) is 24.1. The van der Waals surface area contributed by atoms with Gasteiger partial charge in [0.05, 0.1) is 11.3 Å². The van der Waals surface area contributed by atoms with Gasteiger partial charge in [-0.15, -0.1) is 0 Å². The van der Waals surface area contributed by atoms with E-state index < -0.39 is 0 Å². The van der Waals surface area contributed by atoms with Crippen molar-refractivity contribution >= 4 is 29.4 Å². The van der Waals surface area contributed by atoms with Crippen molar-refractivity contribution in [3.8, 4) is 11.3 Å². The molecule has 8 nitrogen and oxygen atoms in total. The molecule has 2 heterocycles. The Kier molecular flexibility index (Phi) is 7.85. The van der Waals surface area contributed by atoms with Crippen LogP contribution in [0.15, 0.2) is 47.4 Å². The molecule has 0 unspecified atom stereocenters. The minimum Gasteiger partial charge on any atom is -0.380 e. The molecule has 0 saturated heterocycles. The van der Waals surface area contributed by atoms with E-state index in [9.17, 15) is 9.18 Å². The van der Waals surface area contributed by atoms with Gasteiger partial charge in [-0.25, -0.2) is 19.2 Å². The molecule has 1 aromatic carbocycles. The predicted octanol–water partition coefficient (Wildman–Crippen LogP) is 4.36. The van der Waals surface area contributed by atoms with Crippen molar-refractivity contribution in [2.24, 2.45) is 7.05 Å². The van der Waals surface area contributed by atoms with E-state index in [-0.39, 0.29) is 17.1 Å². The minimum atomic E-state index is -0.298. The van der Waals surface area contributed by atoms with Gasteiger partial charge >= 0.3 is 0 Å². The molecule has 174 valence electrons. The van der Waals surface area contributed by atoms with E-state index in [1.54, 1.807) is 49.6 Å². The number of halogens is 1. The first kappa shape index (κ1) is 24.4. The molecular formula is C23H27FN6O2S. The van der Waals surface area contributed by atoms with E-state index in [0.29, 0.717) is 34.9 Å². The molecule has 3 N–H and O–H groups in total. The molecule has 3 aromatic rings. The van der Waals surface area contributed by atoms with Crippen molar-refractivity contribution in [2.45, 2.75) is 20.4 Å². The van der Waals surface area contributed by atoms with Crippen LogP contribution in [-0.4, -0.2) is 33.7 Å². The number of anilines is 2. The van der Waals surface area contributed by atoms with Crippen molar-refractivity contribution in [1.82, 2.24) is 13.9 Å². The monoisotopic (exact) mass is 470 g/mol. The lowest BCUT2D eigenvalue weighted by Gasteiger charge is -2.18. The standard InChI is InChI=1S/C23H27FN6O2S/c1-14-10-17(13-30(5)23(14)31)19-11-20(26-12-16-6-8-18(24)9-7-16)21(15(2)25)22(27-19)28-32-33-29(3)4/h6-11,13,25H,12H2,1-5H3,(H2,26,27,28). The van der Waals surface area contributed by atoms with Crippen LogP contribution in [0.2, 0.25) is 0 Å². The lowest BCUT2D eigenvalue weighted by molar-refractivity contribution is 0.444. The van der Waals surface area contributed by atoms with Gasteiger partial charge in [-0.1, -0.05) is 12.1 Å². The van der Waals surface area contributed by atoms with Gasteiger partial charge in [0.25, 0.3) is 5.56 Å². The second-order valence-electron chi connectivity index (χ2n) is 7.78. The number of hydrogen-bond donors (Lipinski definition) is 3. The maximum absolute atomic E-state index is 13.3. The van der Waals surface area contributed by atoms with Crippen LogP contribution < -0.4 is 16.4 Å². The van der Waals surface area contributed by atoms with Crippen LogP contribution >= 0.6 is 12.2 Å². The molecule has 0 aliphatic heterocycles. The molecule has 0 spiro atoms. The van der Waals surface area contributed by atoms with Crippen LogP contribution in [0, 0.1) is 18.2 Å². The Morgan fingerprint density at radius 1 is 1.27 bits per heavy atom. The summed E-state index contributed by atoms with van der Waals surface area (Å²) in [5.41, 5.74) is 7.07. The normalized spacial score (nSPS) is 11.0. The molecule has 0 amide bonds. The van der Waals surface area contributed by atoms with E-state index in [1.807, 2.05) is 20.2 Å². The van der Waals surface area contributed by atoms with Crippen LogP contribution in [0.3, 0.4) is 0 Å². The first-order valence-electron chi connectivity index (χ1n) is 10.2. The minimum absolute atomic E-state index is 0.0792. The molecule has 33 heavy (non-hydrogen) atoms. The van der Waals surface area contributed by atoms with E-state index in [1.165, 1.54) is 16.7 Å². The highest BCUT2D eigenvalue weighted by Crippen LogP contribution is 2.31. The van der Waals surface area contributed by atoms with Gasteiger partial charge in [-0.2, -0.15) is 4.28 Å². The molecule has 0 aliphatic carbocycles. The third-order valence-electron chi connectivity index (χ3n) is 4.77. The summed E-state index contributed by atoms with van der Waals surface area (Å²) in [4.78, 5) is 16.8. The van der Waals surface area contributed by atoms with Crippen LogP contribution in [-0.2, 0) is 17.9 Å². The molecular weight excluding hydrogens is 443 g/mol. The Morgan fingerprint density at radius 3 is 2.58 bits per heavy atom. The summed E-state index contributed by atoms with van der Waals surface area (Å²) in [7, 11) is 5.36. The van der Waals surface area contributed by atoms with E-state index in [0.717, 1.165) is 23.4 Å². The zero-order valence-corrected chi connectivity index (χ0v) is 20.0. The molecule has 0 fully saturated rings. The van der Waals surface area contributed by atoms with Crippen LogP contribution in [0.4, 0.5) is 15.9 Å². The SMILES string of the molecule is CC(=N)c1c(NCc2ccc(F)cc2)cc(-c2cc(C)c(=O)n(C)c2)nc1NOSN(C)C. The smallest absolute Gasteiger partial charge is 0.253 e. The highest BCUT2D eigenvalue weighted by Gasteiger charge is 2.17. The van der Waals surface area contributed by atoms with E-state index >= 15 is 0 Å². The summed E-state index contributed by atoms with van der Waals surface area (Å²) in [5.74, 6) is 0.0653. The number of nitrogens with one attached hydrogen (secondary N) is 3. The number of pyridine rings is 2. The predicted molar refractivity (Wildman–Crippen MR) is 132 cm³/mol. The van der Waals surface area contributed by atoms with Gasteiger partial charge in [0, 0.05) is 42.3 Å². The fourth-order valence-electron chi connectivity index (χ4n) is 3.24. The van der Waals surface area contributed by atoms with Crippen molar-refractivity contribution in [3.05, 3.63) is 75.5 Å². The molecule has 3 rings (SSSR count). The Balaban J connectivity index is 2.07. The second kappa shape index (κ2) is 10.6. The summed E-state index contributed by atoms with van der Waals surface area (Å²) in [6, 6.07) is 9.83. The summed E-state index contributed by atoms with van der Waals surface area (Å²) in [6.07, 6.45) is 1.72. The maximum atomic E-state index is 13.3. The van der Waals surface area contributed by atoms with Gasteiger partial charge in [-0.3, -0.25) is 4.79 Å². The van der Waals surface area contributed by atoms with Gasteiger partial charge in [0.2, 0.25) is 0 Å². The number of rotatable bonds is 9. The fraction of sp³-hybridized carbons (Fsp3) is 0.261. The fourth-order valence-corrected chi connectivity index (χ4v) is 3.50. The molecule has 2 aromatic heterocycles. The summed E-state index contributed by atoms with van der Waals surface area (Å²) >= 11 is 1.08. The van der Waals surface area contributed by atoms with Crippen molar-refractivity contribution in [3.63, 3.8) is 0 Å². The molecule has 0 saturated carbocycles. The van der Waals surface area contributed by atoms with Gasteiger partial charge in [-0.05, 0) is 57.8 Å². The number of benzene rings is 1. The third-order valence-corrected chi connectivity index (χ3v) is 5.23. The Bertz CT molecular complexity index is 1180. The molecule has 0 radical (unpaired) electrons. The quantitative estimate of drug-likeness (QED) is 0.185. The molecule has 10 heteroatoms. The highest BCUT2D eigenvalue weighted by molar-refractivity contribution is 7.92. The van der Waals surface area contributed by atoms with Gasteiger partial charge in [0.1, 0.15) is 18.0 Å². The first-order valence-corrected chi connectivity index (χ1v) is 10.9. The third kappa shape index (κ3) is 6.19. The summed E-state index contributed by atoms with van der Waals surface area (Å²) < 4.78 is 22.0. The number of hydrogen-bond acceptors (Lipinski definition) is 8. The first-order chi connectivity index (χ1) is 15.7. The van der Waals surface area contributed by atoms with Gasteiger partial charge in [0.15, 0.2) is 5.82 Å². The Labute approximate surface area is 196 Å². The van der Waals surface area contributed by atoms with Crippen LogP contribution in [0.25, 0.3) is 11.3 Å². The highest BCUT2D eigenvalue weighted by atomic mass is 32.2. The number of aryl methyl sites for hydroxylation is 2. The summed E-state index contributed by atoms with van der Waals surface area (Å²) in [6.45, 7) is 3.84. The lowest BCUT2D eigenvalue weighted by Crippen LogP contribution is -2.18. The second-order valence-corrected chi connectivity index (χ2v) is 8.83. The topological polar surface area (TPSA) is 95.3 Å². The lowest BCUT2D eigenvalue weighted by atomic mass is 10.1. The Morgan fingerprint density at radius 2 is 1.97 bits per heavy atom. The molecule has 0 atom stereocenters. The Hall–Kier alpha value is -3.21.